The molecule has 1 aliphatic rings. The Morgan fingerprint density at radius 3 is 2.12 bits per heavy atom. The number of hydrogen-bond donors (Lipinski definition) is 2. The molecule has 1 rings (SSSR count). The monoisotopic (exact) mass is 242 g/mol. The van der Waals surface area contributed by atoms with Crippen LogP contribution in [0.4, 0.5) is 4.79 Å². The van der Waals surface area contributed by atoms with E-state index in [9.17, 15) is 4.79 Å². The summed E-state index contributed by atoms with van der Waals surface area (Å²) in [5.74, 6) is 0.387. The minimum atomic E-state index is -0.442. The van der Waals surface area contributed by atoms with E-state index in [2.05, 4.69) is 24.5 Å². The molecule has 2 N–H and O–H groups in total. The Hall–Kier alpha value is -0.770. The third-order valence-corrected chi connectivity index (χ3v) is 3.22. The van der Waals surface area contributed by atoms with Gasteiger partial charge in [-0.05, 0) is 46.6 Å². The lowest BCUT2D eigenvalue weighted by atomic mass is 9.94. The summed E-state index contributed by atoms with van der Waals surface area (Å²) in [6, 6.07) is 0.127. The molecule has 1 amide bonds. The van der Waals surface area contributed by atoms with Crippen molar-refractivity contribution in [3.8, 4) is 0 Å². The summed E-state index contributed by atoms with van der Waals surface area (Å²) in [5, 5.41) is 6.33. The number of rotatable bonds is 4. The number of ether oxygens (including phenoxy) is 1. The van der Waals surface area contributed by atoms with Gasteiger partial charge in [0.05, 0.1) is 6.04 Å². The first-order chi connectivity index (χ1) is 7.70. The van der Waals surface area contributed by atoms with Crippen molar-refractivity contribution < 1.29 is 9.53 Å². The van der Waals surface area contributed by atoms with Crippen LogP contribution in [0.15, 0.2) is 0 Å². The molecule has 1 saturated carbocycles. The first-order valence-corrected chi connectivity index (χ1v) is 6.38. The lowest BCUT2D eigenvalue weighted by molar-refractivity contribution is 0.0470. The van der Waals surface area contributed by atoms with Crippen molar-refractivity contribution in [3.63, 3.8) is 0 Å². The Labute approximate surface area is 104 Å². The molecule has 1 unspecified atom stereocenters. The molecule has 1 aliphatic carbocycles. The third kappa shape index (κ3) is 3.87. The first-order valence-electron chi connectivity index (χ1n) is 6.38. The number of carbonyl (C=O) groups is 1. The molecule has 0 saturated heterocycles. The van der Waals surface area contributed by atoms with Crippen LogP contribution in [0, 0.1) is 5.92 Å². The Kier molecular flexibility index (Phi) is 4.07. The Bertz CT molecular complexity index is 278. The maximum atomic E-state index is 11.8. The summed E-state index contributed by atoms with van der Waals surface area (Å²) in [6.07, 6.45) is 1.90. The van der Waals surface area contributed by atoms with Crippen LogP contribution < -0.4 is 10.6 Å². The summed E-state index contributed by atoms with van der Waals surface area (Å²) in [4.78, 5) is 11.8. The molecular formula is C13H26N2O2. The zero-order valence-corrected chi connectivity index (χ0v) is 11.9. The van der Waals surface area contributed by atoms with Crippen LogP contribution in [0.1, 0.15) is 47.5 Å². The van der Waals surface area contributed by atoms with E-state index in [4.69, 9.17) is 4.74 Å². The van der Waals surface area contributed by atoms with Crippen molar-refractivity contribution in [1.82, 2.24) is 10.6 Å². The normalized spacial score (nSPS) is 19.9. The van der Waals surface area contributed by atoms with Gasteiger partial charge in [0.1, 0.15) is 5.60 Å². The molecule has 4 heteroatoms. The largest absolute Gasteiger partial charge is 0.444 e. The van der Waals surface area contributed by atoms with Crippen LogP contribution in [0.5, 0.6) is 0 Å². The molecule has 100 valence electrons. The van der Waals surface area contributed by atoms with Gasteiger partial charge in [0, 0.05) is 5.54 Å². The number of amides is 1. The fourth-order valence-corrected chi connectivity index (χ4v) is 2.23. The summed E-state index contributed by atoms with van der Waals surface area (Å²) < 4.78 is 5.31. The third-order valence-electron chi connectivity index (χ3n) is 3.22. The fourth-order valence-electron chi connectivity index (χ4n) is 2.23. The van der Waals surface area contributed by atoms with E-state index in [1.165, 1.54) is 0 Å². The second-order valence-electron chi connectivity index (χ2n) is 6.27. The smallest absolute Gasteiger partial charge is 0.407 e. The van der Waals surface area contributed by atoms with Gasteiger partial charge in [-0.25, -0.2) is 4.79 Å². The van der Waals surface area contributed by atoms with Crippen molar-refractivity contribution in [2.45, 2.75) is 64.6 Å². The highest BCUT2D eigenvalue weighted by atomic mass is 16.6. The summed E-state index contributed by atoms with van der Waals surface area (Å²) in [7, 11) is 1.96. The van der Waals surface area contributed by atoms with Crippen molar-refractivity contribution in [2.75, 3.05) is 7.05 Å². The highest BCUT2D eigenvalue weighted by Gasteiger charge is 2.50. The molecule has 0 heterocycles. The van der Waals surface area contributed by atoms with Crippen molar-refractivity contribution in [3.05, 3.63) is 0 Å². The van der Waals surface area contributed by atoms with Crippen LogP contribution >= 0.6 is 0 Å². The second kappa shape index (κ2) is 4.84. The first kappa shape index (κ1) is 14.3. The highest BCUT2D eigenvalue weighted by Crippen LogP contribution is 2.40. The molecule has 0 aliphatic heterocycles. The van der Waals surface area contributed by atoms with Gasteiger partial charge < -0.3 is 15.4 Å². The zero-order chi connectivity index (χ0) is 13.3. The van der Waals surface area contributed by atoms with Crippen LogP contribution in [-0.4, -0.2) is 30.3 Å². The van der Waals surface area contributed by atoms with Gasteiger partial charge in [0.25, 0.3) is 0 Å². The van der Waals surface area contributed by atoms with E-state index in [0.29, 0.717) is 5.92 Å². The fraction of sp³-hybridized carbons (Fsp3) is 0.923. The molecule has 4 nitrogen and oxygen atoms in total. The van der Waals surface area contributed by atoms with Gasteiger partial charge in [0.15, 0.2) is 0 Å². The SMILES string of the molecule is CNC1(C(NC(=O)OC(C)(C)C)C(C)C)CC1. The van der Waals surface area contributed by atoms with Crippen LogP contribution in [0.3, 0.4) is 0 Å². The lowest BCUT2D eigenvalue weighted by Crippen LogP contribution is -2.54. The number of alkyl carbamates (subject to hydrolysis) is 1. The maximum absolute atomic E-state index is 11.8. The quantitative estimate of drug-likeness (QED) is 0.795. The van der Waals surface area contributed by atoms with Crippen molar-refractivity contribution >= 4 is 6.09 Å². The molecular weight excluding hydrogens is 216 g/mol. The van der Waals surface area contributed by atoms with Gasteiger partial charge >= 0.3 is 6.09 Å². The van der Waals surface area contributed by atoms with E-state index in [1.54, 1.807) is 0 Å². The number of carbonyl (C=O) groups excluding carboxylic acids is 1. The Balaban J connectivity index is 2.60. The van der Waals surface area contributed by atoms with E-state index in [1.807, 2.05) is 27.8 Å². The average Bonchev–Trinajstić information content (AvgIpc) is 2.91. The molecule has 1 fully saturated rings. The minimum Gasteiger partial charge on any atom is -0.444 e. The molecule has 0 radical (unpaired) electrons. The van der Waals surface area contributed by atoms with E-state index in [0.717, 1.165) is 12.8 Å². The van der Waals surface area contributed by atoms with Crippen molar-refractivity contribution in [2.24, 2.45) is 5.92 Å². The standard InChI is InChI=1S/C13H26N2O2/c1-9(2)10(13(14-6)7-8-13)15-11(16)17-12(3,4)5/h9-10,14H,7-8H2,1-6H3,(H,15,16). The van der Waals surface area contributed by atoms with Crippen LogP contribution in [-0.2, 0) is 4.74 Å². The number of hydrogen-bond acceptors (Lipinski definition) is 3. The molecule has 1 atom stereocenters. The van der Waals surface area contributed by atoms with Gasteiger partial charge in [-0.15, -0.1) is 0 Å². The minimum absolute atomic E-state index is 0.0745. The van der Waals surface area contributed by atoms with E-state index in [-0.39, 0.29) is 17.7 Å². The topological polar surface area (TPSA) is 50.4 Å². The summed E-state index contributed by atoms with van der Waals surface area (Å²) >= 11 is 0. The average molecular weight is 242 g/mol. The Morgan fingerprint density at radius 2 is 1.82 bits per heavy atom. The Morgan fingerprint density at radius 1 is 1.29 bits per heavy atom. The summed E-state index contributed by atoms with van der Waals surface area (Å²) in [6.45, 7) is 9.88. The molecule has 0 aromatic carbocycles. The maximum Gasteiger partial charge on any atom is 0.407 e. The zero-order valence-electron chi connectivity index (χ0n) is 11.9. The van der Waals surface area contributed by atoms with Gasteiger partial charge in [-0.3, -0.25) is 0 Å². The van der Waals surface area contributed by atoms with Crippen molar-refractivity contribution in [1.29, 1.82) is 0 Å². The highest BCUT2D eigenvalue weighted by molar-refractivity contribution is 5.68. The predicted octanol–water partition coefficient (Wildman–Crippen LogP) is 2.29. The molecule has 0 bridgehead atoms. The van der Waals surface area contributed by atoms with E-state index < -0.39 is 5.60 Å². The lowest BCUT2D eigenvalue weighted by Gasteiger charge is -2.32. The van der Waals surface area contributed by atoms with Gasteiger partial charge in [-0.1, -0.05) is 13.8 Å². The number of likely N-dealkylation sites (N-methyl/N-ethyl adjacent to an activating group) is 1. The molecule has 0 aromatic rings. The van der Waals surface area contributed by atoms with E-state index >= 15 is 0 Å². The predicted molar refractivity (Wildman–Crippen MR) is 69.0 cm³/mol. The second-order valence-corrected chi connectivity index (χ2v) is 6.27. The molecule has 0 spiro atoms. The van der Waals surface area contributed by atoms with Crippen LogP contribution in [0.25, 0.3) is 0 Å². The molecule has 17 heavy (non-hydrogen) atoms. The summed E-state index contributed by atoms with van der Waals surface area (Å²) in [5.41, 5.74) is -0.368. The van der Waals surface area contributed by atoms with Gasteiger partial charge in [-0.2, -0.15) is 0 Å². The van der Waals surface area contributed by atoms with Crippen LogP contribution in [0.2, 0.25) is 0 Å². The number of nitrogens with one attached hydrogen (secondary N) is 2. The van der Waals surface area contributed by atoms with Gasteiger partial charge in [0.2, 0.25) is 0 Å². The molecule has 0 aromatic heterocycles.